The largest absolute Gasteiger partial charge is 0.355 e. The Kier molecular flexibility index (Phi) is 7.15. The van der Waals surface area contributed by atoms with Gasteiger partial charge in [-0.1, -0.05) is 41.4 Å². The van der Waals surface area contributed by atoms with E-state index in [1.165, 1.54) is 23.9 Å². The fourth-order valence-corrected chi connectivity index (χ4v) is 4.03. The Hall–Kier alpha value is -1.25. The Morgan fingerprint density at radius 1 is 1.08 bits per heavy atom. The topological polar surface area (TPSA) is 89.3 Å². The number of primary sulfonamides is 1. The second kappa shape index (κ2) is 8.91. The summed E-state index contributed by atoms with van der Waals surface area (Å²) in [7, 11) is -3.69. The summed E-state index contributed by atoms with van der Waals surface area (Å²) >= 11 is 13.4. The monoisotopic (exact) mass is 418 g/mol. The van der Waals surface area contributed by atoms with E-state index in [4.69, 9.17) is 28.3 Å². The van der Waals surface area contributed by atoms with Crippen LogP contribution in [0.1, 0.15) is 5.56 Å². The Morgan fingerprint density at radius 2 is 1.68 bits per heavy atom. The molecular formula is C16H16Cl2N2O3S2. The van der Waals surface area contributed by atoms with Crippen molar-refractivity contribution >= 4 is 50.9 Å². The minimum atomic E-state index is -3.69. The Labute approximate surface area is 160 Å². The quantitative estimate of drug-likeness (QED) is 0.675. The molecule has 0 spiro atoms. The maximum atomic E-state index is 11.9. The van der Waals surface area contributed by atoms with Crippen molar-refractivity contribution in [2.75, 3.05) is 12.3 Å². The summed E-state index contributed by atoms with van der Waals surface area (Å²) in [6.07, 6.45) is 0.578. The molecule has 0 aliphatic rings. The molecule has 0 unspecified atom stereocenters. The van der Waals surface area contributed by atoms with E-state index in [1.54, 1.807) is 30.3 Å². The molecule has 9 heteroatoms. The number of halogens is 2. The molecule has 0 aromatic heterocycles. The summed E-state index contributed by atoms with van der Waals surface area (Å²) in [5, 5.41) is 8.87. The second-order valence-corrected chi connectivity index (χ2v) is 8.49. The highest BCUT2D eigenvalue weighted by Crippen LogP contribution is 2.33. The first-order valence-electron chi connectivity index (χ1n) is 7.22. The van der Waals surface area contributed by atoms with Crippen molar-refractivity contribution in [2.24, 2.45) is 5.14 Å². The summed E-state index contributed by atoms with van der Waals surface area (Å²) < 4.78 is 22.4. The van der Waals surface area contributed by atoms with Crippen LogP contribution in [0.2, 0.25) is 10.0 Å². The van der Waals surface area contributed by atoms with Gasteiger partial charge in [-0.25, -0.2) is 13.6 Å². The van der Waals surface area contributed by atoms with Crippen LogP contribution in [0, 0.1) is 0 Å². The fraction of sp³-hybridized carbons (Fsp3) is 0.188. The molecule has 0 saturated carbocycles. The van der Waals surface area contributed by atoms with Crippen LogP contribution in [-0.4, -0.2) is 26.6 Å². The zero-order valence-corrected chi connectivity index (χ0v) is 16.2. The number of nitrogens with one attached hydrogen (secondary N) is 1. The summed E-state index contributed by atoms with van der Waals surface area (Å²) in [4.78, 5) is 12.6. The van der Waals surface area contributed by atoms with Crippen LogP contribution in [0.15, 0.2) is 52.3 Å². The first-order valence-corrected chi connectivity index (χ1v) is 10.5. The summed E-state index contributed by atoms with van der Waals surface area (Å²) in [5.74, 6) is 0.0653. The van der Waals surface area contributed by atoms with Gasteiger partial charge in [-0.3, -0.25) is 4.79 Å². The minimum absolute atomic E-state index is 0.0632. The molecule has 5 nitrogen and oxygen atoms in total. The van der Waals surface area contributed by atoms with Crippen molar-refractivity contribution in [3.8, 4) is 0 Å². The predicted octanol–water partition coefficient (Wildman–Crippen LogP) is 3.09. The van der Waals surface area contributed by atoms with Gasteiger partial charge in [0.25, 0.3) is 0 Å². The Bertz CT molecular complexity index is 836. The fourth-order valence-electron chi connectivity index (χ4n) is 2.00. The Balaban J connectivity index is 1.79. The lowest BCUT2D eigenvalue weighted by Crippen LogP contribution is -2.27. The van der Waals surface area contributed by atoms with Crippen LogP contribution >= 0.6 is 35.0 Å². The van der Waals surface area contributed by atoms with E-state index in [2.05, 4.69) is 5.32 Å². The van der Waals surface area contributed by atoms with Gasteiger partial charge >= 0.3 is 0 Å². The number of carbonyl (C=O) groups excluding carboxylic acids is 1. The Morgan fingerprint density at radius 3 is 2.24 bits per heavy atom. The third-order valence-electron chi connectivity index (χ3n) is 3.25. The van der Waals surface area contributed by atoms with E-state index < -0.39 is 10.0 Å². The molecule has 0 aliphatic heterocycles. The maximum absolute atomic E-state index is 11.9. The van der Waals surface area contributed by atoms with Crippen LogP contribution in [0.3, 0.4) is 0 Å². The number of nitrogens with two attached hydrogens (primary N) is 1. The zero-order valence-electron chi connectivity index (χ0n) is 13.0. The number of thioether (sulfide) groups is 1. The van der Waals surface area contributed by atoms with E-state index in [1.807, 2.05) is 0 Å². The molecule has 2 rings (SSSR count). The molecule has 2 aromatic rings. The number of rotatable bonds is 7. The van der Waals surface area contributed by atoms with Gasteiger partial charge in [-0.2, -0.15) is 0 Å². The van der Waals surface area contributed by atoms with Gasteiger partial charge in [0.15, 0.2) is 0 Å². The SMILES string of the molecule is NS(=O)(=O)c1ccc(CCNC(=O)CSc2c(Cl)cccc2Cl)cc1. The molecule has 0 aliphatic carbocycles. The molecule has 0 radical (unpaired) electrons. The first-order chi connectivity index (χ1) is 11.8. The van der Waals surface area contributed by atoms with Gasteiger partial charge in [0.05, 0.1) is 20.7 Å². The average molecular weight is 419 g/mol. The molecule has 25 heavy (non-hydrogen) atoms. The summed E-state index contributed by atoms with van der Waals surface area (Å²) in [6, 6.07) is 11.4. The standard InChI is InChI=1S/C16H16Cl2N2O3S2/c17-13-2-1-3-14(18)16(13)24-10-15(21)20-9-8-11-4-6-12(7-5-11)25(19,22)23/h1-7H,8-10H2,(H,20,21)(H2,19,22,23). The number of amides is 1. The van der Waals surface area contributed by atoms with Crippen molar-refractivity contribution in [3.05, 3.63) is 58.1 Å². The molecule has 134 valence electrons. The van der Waals surface area contributed by atoms with Crippen molar-refractivity contribution in [3.63, 3.8) is 0 Å². The first kappa shape index (κ1) is 20.1. The average Bonchev–Trinajstić information content (AvgIpc) is 2.54. The van der Waals surface area contributed by atoms with Gasteiger partial charge < -0.3 is 5.32 Å². The third kappa shape index (κ3) is 6.20. The van der Waals surface area contributed by atoms with E-state index in [0.29, 0.717) is 27.9 Å². The second-order valence-electron chi connectivity index (χ2n) is 5.13. The lowest BCUT2D eigenvalue weighted by molar-refractivity contribution is -0.118. The van der Waals surface area contributed by atoms with Crippen LogP contribution in [0.5, 0.6) is 0 Å². The smallest absolute Gasteiger partial charge is 0.238 e. The third-order valence-corrected chi connectivity index (χ3v) is 6.17. The highest BCUT2D eigenvalue weighted by atomic mass is 35.5. The van der Waals surface area contributed by atoms with Crippen LogP contribution in [-0.2, 0) is 21.2 Å². The molecule has 0 saturated heterocycles. The molecule has 0 bridgehead atoms. The molecule has 2 aromatic carbocycles. The summed E-state index contributed by atoms with van der Waals surface area (Å²) in [5.41, 5.74) is 0.898. The molecule has 0 fully saturated rings. The van der Waals surface area contributed by atoms with Crippen LogP contribution < -0.4 is 10.5 Å². The van der Waals surface area contributed by atoms with E-state index in [0.717, 1.165) is 5.56 Å². The molecule has 0 heterocycles. The summed E-state index contributed by atoms with van der Waals surface area (Å²) in [6.45, 7) is 0.435. The molecular weight excluding hydrogens is 403 g/mol. The zero-order chi connectivity index (χ0) is 18.4. The van der Waals surface area contributed by atoms with Gasteiger partial charge in [-0.05, 0) is 36.2 Å². The molecule has 1 amide bonds. The normalized spacial score (nSPS) is 11.3. The lowest BCUT2D eigenvalue weighted by atomic mass is 10.1. The lowest BCUT2D eigenvalue weighted by Gasteiger charge is -2.08. The molecule has 0 atom stereocenters. The van der Waals surface area contributed by atoms with Gasteiger partial charge in [0.1, 0.15) is 0 Å². The number of benzene rings is 2. The van der Waals surface area contributed by atoms with E-state index in [9.17, 15) is 13.2 Å². The van der Waals surface area contributed by atoms with Gasteiger partial charge in [0.2, 0.25) is 15.9 Å². The van der Waals surface area contributed by atoms with Crippen LogP contribution in [0.4, 0.5) is 0 Å². The van der Waals surface area contributed by atoms with E-state index in [-0.39, 0.29) is 16.6 Å². The number of hydrogen-bond donors (Lipinski definition) is 2. The number of hydrogen-bond acceptors (Lipinski definition) is 4. The van der Waals surface area contributed by atoms with Crippen molar-refractivity contribution in [1.82, 2.24) is 5.32 Å². The number of sulfonamides is 1. The highest BCUT2D eigenvalue weighted by Gasteiger charge is 2.10. The number of carbonyl (C=O) groups is 1. The van der Waals surface area contributed by atoms with E-state index >= 15 is 0 Å². The highest BCUT2D eigenvalue weighted by molar-refractivity contribution is 8.00. The van der Waals surface area contributed by atoms with Crippen molar-refractivity contribution < 1.29 is 13.2 Å². The molecule has 3 N–H and O–H groups in total. The minimum Gasteiger partial charge on any atom is -0.355 e. The van der Waals surface area contributed by atoms with Crippen molar-refractivity contribution in [2.45, 2.75) is 16.2 Å². The maximum Gasteiger partial charge on any atom is 0.238 e. The van der Waals surface area contributed by atoms with Crippen molar-refractivity contribution in [1.29, 1.82) is 0 Å². The van der Waals surface area contributed by atoms with Gasteiger partial charge in [-0.15, -0.1) is 11.8 Å². The van der Waals surface area contributed by atoms with Gasteiger partial charge in [0, 0.05) is 11.4 Å². The predicted molar refractivity (Wildman–Crippen MR) is 102 cm³/mol. The van der Waals surface area contributed by atoms with Crippen LogP contribution in [0.25, 0.3) is 0 Å².